The molecule has 3 rings (SSSR count). The number of pyridine rings is 1. The average Bonchev–Trinajstić information content (AvgIpc) is 2.77. The van der Waals surface area contributed by atoms with E-state index in [0.29, 0.717) is 29.4 Å². The third kappa shape index (κ3) is 6.26. The average molecular weight is 421 g/mol. The molecule has 2 amide bonds. The lowest BCUT2D eigenvalue weighted by Gasteiger charge is -2.11. The molecule has 10 heteroatoms. The molecular formula is C21H19N5O5. The van der Waals surface area contributed by atoms with Crippen molar-refractivity contribution in [2.24, 2.45) is 5.10 Å². The van der Waals surface area contributed by atoms with E-state index in [2.05, 4.69) is 20.8 Å². The Morgan fingerprint density at radius 2 is 1.97 bits per heavy atom. The van der Waals surface area contributed by atoms with Gasteiger partial charge in [-0.3, -0.25) is 10.1 Å². The van der Waals surface area contributed by atoms with Crippen LogP contribution in [0.4, 0.5) is 16.2 Å². The second-order valence-corrected chi connectivity index (χ2v) is 6.04. The van der Waals surface area contributed by atoms with Crippen LogP contribution in [0.1, 0.15) is 12.5 Å². The molecule has 0 saturated heterocycles. The van der Waals surface area contributed by atoms with E-state index < -0.39 is 11.0 Å². The van der Waals surface area contributed by atoms with Crippen molar-refractivity contribution in [3.05, 3.63) is 82.5 Å². The topological polar surface area (TPSA) is 128 Å². The van der Waals surface area contributed by atoms with Crippen LogP contribution in [-0.4, -0.2) is 28.8 Å². The van der Waals surface area contributed by atoms with E-state index in [1.54, 1.807) is 30.3 Å². The highest BCUT2D eigenvalue weighted by atomic mass is 16.6. The zero-order chi connectivity index (χ0) is 22.1. The Morgan fingerprint density at radius 3 is 2.65 bits per heavy atom. The number of benzene rings is 2. The zero-order valence-electron chi connectivity index (χ0n) is 16.5. The largest absolute Gasteiger partial charge is 0.490 e. The highest BCUT2D eigenvalue weighted by molar-refractivity contribution is 5.90. The van der Waals surface area contributed by atoms with Gasteiger partial charge in [-0.05, 0) is 42.8 Å². The van der Waals surface area contributed by atoms with E-state index in [0.717, 1.165) is 6.20 Å². The summed E-state index contributed by atoms with van der Waals surface area (Å²) in [5, 5.41) is 17.3. The van der Waals surface area contributed by atoms with Crippen molar-refractivity contribution in [2.45, 2.75) is 6.92 Å². The fourth-order valence-electron chi connectivity index (χ4n) is 2.46. The number of ether oxygens (including phenoxy) is 2. The number of rotatable bonds is 8. The fourth-order valence-corrected chi connectivity index (χ4v) is 2.46. The van der Waals surface area contributed by atoms with Gasteiger partial charge in [-0.2, -0.15) is 5.10 Å². The SMILES string of the molecule is CCOc1cc(/C=N/NC(=O)Nc2ccccc2)ccc1Oc1ccc([N+](=O)[O-])cn1. The van der Waals surface area contributed by atoms with Gasteiger partial charge in [0.2, 0.25) is 5.88 Å². The highest BCUT2D eigenvalue weighted by Gasteiger charge is 2.10. The van der Waals surface area contributed by atoms with E-state index in [9.17, 15) is 14.9 Å². The number of carbonyl (C=O) groups excluding carboxylic acids is 1. The summed E-state index contributed by atoms with van der Waals surface area (Å²) in [6, 6.07) is 16.3. The molecule has 3 aromatic rings. The number of nitrogens with zero attached hydrogens (tertiary/aromatic N) is 3. The van der Waals surface area contributed by atoms with Gasteiger partial charge < -0.3 is 14.8 Å². The van der Waals surface area contributed by atoms with Crippen molar-refractivity contribution < 1.29 is 19.2 Å². The van der Waals surface area contributed by atoms with Crippen molar-refractivity contribution in [1.82, 2.24) is 10.4 Å². The van der Waals surface area contributed by atoms with E-state index in [1.165, 1.54) is 18.3 Å². The van der Waals surface area contributed by atoms with Crippen LogP contribution in [0.3, 0.4) is 0 Å². The van der Waals surface area contributed by atoms with Gasteiger partial charge >= 0.3 is 6.03 Å². The molecule has 10 nitrogen and oxygen atoms in total. The Bertz CT molecular complexity index is 1070. The Balaban J connectivity index is 1.65. The number of hydrogen-bond donors (Lipinski definition) is 2. The van der Waals surface area contributed by atoms with Crippen LogP contribution >= 0.6 is 0 Å². The third-order valence-corrected chi connectivity index (χ3v) is 3.83. The van der Waals surface area contributed by atoms with Crippen molar-refractivity contribution in [1.29, 1.82) is 0 Å². The molecule has 0 aliphatic heterocycles. The summed E-state index contributed by atoms with van der Waals surface area (Å²) in [5.41, 5.74) is 3.56. The number of nitrogens with one attached hydrogen (secondary N) is 2. The molecular weight excluding hydrogens is 402 g/mol. The molecule has 0 unspecified atom stereocenters. The molecule has 0 spiro atoms. The van der Waals surface area contributed by atoms with E-state index in [-0.39, 0.29) is 11.6 Å². The van der Waals surface area contributed by atoms with Crippen molar-refractivity contribution >= 4 is 23.6 Å². The molecule has 0 radical (unpaired) electrons. The van der Waals surface area contributed by atoms with Gasteiger partial charge in [-0.25, -0.2) is 15.2 Å². The zero-order valence-corrected chi connectivity index (χ0v) is 16.5. The van der Waals surface area contributed by atoms with E-state index in [1.807, 2.05) is 25.1 Å². The first-order valence-electron chi connectivity index (χ1n) is 9.25. The Labute approximate surface area is 177 Å². The molecule has 0 atom stereocenters. The van der Waals surface area contributed by atoms with Crippen molar-refractivity contribution in [2.75, 3.05) is 11.9 Å². The van der Waals surface area contributed by atoms with Crippen LogP contribution in [0, 0.1) is 10.1 Å². The molecule has 0 aliphatic rings. The molecule has 31 heavy (non-hydrogen) atoms. The standard InChI is InChI=1S/C21H19N5O5/c1-2-30-19-12-15(13-23-25-21(27)24-16-6-4-3-5-7-16)8-10-18(19)31-20-11-9-17(14-22-20)26(28)29/h3-14H,2H2,1H3,(H2,24,25,27)/b23-13+. The first kappa shape index (κ1) is 21.2. The minimum Gasteiger partial charge on any atom is -0.490 e. The van der Waals surface area contributed by atoms with Crippen molar-refractivity contribution in [3.63, 3.8) is 0 Å². The molecule has 2 aromatic carbocycles. The lowest BCUT2D eigenvalue weighted by Crippen LogP contribution is -2.24. The molecule has 1 aromatic heterocycles. The summed E-state index contributed by atoms with van der Waals surface area (Å²) in [5.74, 6) is 1.00. The van der Waals surface area contributed by atoms with Gasteiger partial charge in [-0.1, -0.05) is 18.2 Å². The second-order valence-electron chi connectivity index (χ2n) is 6.04. The maximum Gasteiger partial charge on any atom is 0.339 e. The second kappa shape index (κ2) is 10.3. The maximum atomic E-state index is 11.9. The number of hydrazone groups is 1. The first-order chi connectivity index (χ1) is 15.0. The molecule has 0 fully saturated rings. The van der Waals surface area contributed by atoms with Crippen LogP contribution in [-0.2, 0) is 0 Å². The summed E-state index contributed by atoms with van der Waals surface area (Å²) >= 11 is 0. The summed E-state index contributed by atoms with van der Waals surface area (Å²) in [6.45, 7) is 2.21. The molecule has 158 valence electrons. The summed E-state index contributed by atoms with van der Waals surface area (Å²) in [6.07, 6.45) is 2.57. The normalized spacial score (nSPS) is 10.5. The molecule has 0 bridgehead atoms. The lowest BCUT2D eigenvalue weighted by molar-refractivity contribution is -0.385. The van der Waals surface area contributed by atoms with Crippen molar-refractivity contribution in [3.8, 4) is 17.4 Å². The Morgan fingerprint density at radius 1 is 1.16 bits per heavy atom. The van der Waals surface area contributed by atoms with E-state index in [4.69, 9.17) is 9.47 Å². The number of aromatic nitrogens is 1. The van der Waals surface area contributed by atoms with E-state index >= 15 is 0 Å². The number of carbonyl (C=O) groups is 1. The van der Waals surface area contributed by atoms with Gasteiger partial charge in [0.1, 0.15) is 6.20 Å². The molecule has 0 aliphatic carbocycles. The number of nitro groups is 1. The summed E-state index contributed by atoms with van der Waals surface area (Å²) < 4.78 is 11.3. The maximum absolute atomic E-state index is 11.9. The minimum atomic E-state index is -0.537. The summed E-state index contributed by atoms with van der Waals surface area (Å²) in [4.78, 5) is 26.0. The summed E-state index contributed by atoms with van der Waals surface area (Å²) in [7, 11) is 0. The van der Waals surface area contributed by atoms with Crippen LogP contribution in [0.15, 0.2) is 72.0 Å². The third-order valence-electron chi connectivity index (χ3n) is 3.83. The monoisotopic (exact) mass is 421 g/mol. The van der Waals surface area contributed by atoms with Crippen LogP contribution in [0.2, 0.25) is 0 Å². The number of urea groups is 1. The lowest BCUT2D eigenvalue weighted by atomic mass is 10.2. The van der Waals surface area contributed by atoms with Gasteiger partial charge in [0.25, 0.3) is 5.69 Å². The first-order valence-corrected chi connectivity index (χ1v) is 9.25. The van der Waals surface area contributed by atoms with Gasteiger partial charge in [-0.15, -0.1) is 0 Å². The Hall–Kier alpha value is -4.47. The number of hydrogen-bond acceptors (Lipinski definition) is 7. The molecule has 0 saturated carbocycles. The van der Waals surface area contributed by atoms with Gasteiger partial charge in [0.05, 0.1) is 17.7 Å². The predicted molar refractivity (Wildman–Crippen MR) is 115 cm³/mol. The molecule has 2 N–H and O–H groups in total. The smallest absolute Gasteiger partial charge is 0.339 e. The highest BCUT2D eigenvalue weighted by Crippen LogP contribution is 2.32. The fraction of sp³-hybridized carbons (Fsp3) is 0.0952. The predicted octanol–water partition coefficient (Wildman–Crippen LogP) is 4.34. The van der Waals surface area contributed by atoms with Crippen LogP contribution < -0.4 is 20.2 Å². The van der Waals surface area contributed by atoms with Gasteiger partial charge in [0, 0.05) is 17.8 Å². The Kier molecular flexibility index (Phi) is 7.09. The quantitative estimate of drug-likeness (QED) is 0.316. The van der Waals surface area contributed by atoms with Crippen LogP contribution in [0.5, 0.6) is 17.4 Å². The van der Waals surface area contributed by atoms with Crippen LogP contribution in [0.25, 0.3) is 0 Å². The number of anilines is 1. The minimum absolute atomic E-state index is 0.132. The van der Waals surface area contributed by atoms with Gasteiger partial charge in [0.15, 0.2) is 11.5 Å². The number of para-hydroxylation sites is 1. The number of amides is 2. The molecule has 1 heterocycles.